The second-order valence-corrected chi connectivity index (χ2v) is 9.21. The summed E-state index contributed by atoms with van der Waals surface area (Å²) in [6.07, 6.45) is 4.11. The first-order valence-corrected chi connectivity index (χ1v) is 11.5. The molecule has 1 fully saturated rings. The number of aryl methyl sites for hydroxylation is 1. The van der Waals surface area contributed by atoms with E-state index >= 15 is 0 Å². The predicted octanol–water partition coefficient (Wildman–Crippen LogP) is 2.59. The Balaban J connectivity index is 1.78. The van der Waals surface area contributed by atoms with Gasteiger partial charge in [0.2, 0.25) is 15.9 Å². The first kappa shape index (κ1) is 21.7. The highest BCUT2D eigenvalue weighted by Gasteiger charge is 2.31. The SMILES string of the molecule is CCCOc1ccccc1CCCNC(=O)C1CCCN(S(=O)(=O)CC)C1. The maximum atomic E-state index is 12.4. The van der Waals surface area contributed by atoms with E-state index in [4.69, 9.17) is 4.74 Å². The number of hydrogen-bond acceptors (Lipinski definition) is 4. The van der Waals surface area contributed by atoms with Gasteiger partial charge < -0.3 is 10.1 Å². The van der Waals surface area contributed by atoms with Gasteiger partial charge in [-0.2, -0.15) is 0 Å². The first-order chi connectivity index (χ1) is 13.0. The molecule has 1 N–H and O–H groups in total. The van der Waals surface area contributed by atoms with Crippen molar-refractivity contribution in [2.75, 3.05) is 32.0 Å². The van der Waals surface area contributed by atoms with E-state index in [-0.39, 0.29) is 17.6 Å². The summed E-state index contributed by atoms with van der Waals surface area (Å²) in [5.74, 6) is 0.709. The molecule has 7 heteroatoms. The Morgan fingerprint density at radius 2 is 2.07 bits per heavy atom. The molecule has 1 amide bonds. The van der Waals surface area contributed by atoms with Gasteiger partial charge >= 0.3 is 0 Å². The van der Waals surface area contributed by atoms with E-state index in [9.17, 15) is 13.2 Å². The minimum absolute atomic E-state index is 0.0403. The van der Waals surface area contributed by atoms with E-state index in [1.165, 1.54) is 4.31 Å². The zero-order chi connectivity index (χ0) is 19.7. The van der Waals surface area contributed by atoms with Gasteiger partial charge in [-0.15, -0.1) is 0 Å². The third-order valence-electron chi connectivity index (χ3n) is 4.87. The Morgan fingerprint density at radius 1 is 1.30 bits per heavy atom. The Morgan fingerprint density at radius 3 is 2.81 bits per heavy atom. The van der Waals surface area contributed by atoms with Crippen LogP contribution in [0, 0.1) is 5.92 Å². The molecule has 1 heterocycles. The van der Waals surface area contributed by atoms with Crippen molar-refractivity contribution >= 4 is 15.9 Å². The van der Waals surface area contributed by atoms with Crippen molar-refractivity contribution in [1.29, 1.82) is 0 Å². The van der Waals surface area contributed by atoms with Crippen LogP contribution in [0.1, 0.15) is 45.1 Å². The van der Waals surface area contributed by atoms with E-state index in [0.29, 0.717) is 26.2 Å². The summed E-state index contributed by atoms with van der Waals surface area (Å²) in [7, 11) is -3.22. The second kappa shape index (κ2) is 10.7. The molecular weight excluding hydrogens is 364 g/mol. The molecule has 1 aliphatic heterocycles. The number of piperidine rings is 1. The molecule has 2 rings (SSSR count). The van der Waals surface area contributed by atoms with Gasteiger partial charge in [0.15, 0.2) is 0 Å². The number of rotatable bonds is 10. The molecule has 1 saturated heterocycles. The summed E-state index contributed by atoms with van der Waals surface area (Å²) in [6, 6.07) is 8.00. The highest BCUT2D eigenvalue weighted by atomic mass is 32.2. The van der Waals surface area contributed by atoms with Crippen molar-refractivity contribution in [3.05, 3.63) is 29.8 Å². The molecule has 0 aromatic heterocycles. The van der Waals surface area contributed by atoms with Crippen LogP contribution in [0.2, 0.25) is 0 Å². The largest absolute Gasteiger partial charge is 0.493 e. The van der Waals surface area contributed by atoms with Crippen LogP contribution in [-0.2, 0) is 21.2 Å². The van der Waals surface area contributed by atoms with Crippen molar-refractivity contribution in [1.82, 2.24) is 9.62 Å². The van der Waals surface area contributed by atoms with Crippen LogP contribution in [0.5, 0.6) is 5.75 Å². The van der Waals surface area contributed by atoms with E-state index in [1.807, 2.05) is 18.2 Å². The summed E-state index contributed by atoms with van der Waals surface area (Å²) < 4.78 is 31.3. The number of carbonyl (C=O) groups is 1. The number of hydrogen-bond donors (Lipinski definition) is 1. The molecule has 152 valence electrons. The van der Waals surface area contributed by atoms with Gasteiger partial charge in [0.1, 0.15) is 5.75 Å². The normalized spacial score (nSPS) is 18.2. The lowest BCUT2D eigenvalue weighted by Crippen LogP contribution is -2.46. The standard InChI is InChI=1S/C20H32N2O4S/c1-3-15-26-19-12-6-5-9-17(19)10-7-13-21-20(23)18-11-8-14-22(16-18)27(24,25)4-2/h5-6,9,12,18H,3-4,7-8,10-11,13-16H2,1-2H3,(H,21,23). The lowest BCUT2D eigenvalue weighted by atomic mass is 9.99. The summed E-state index contributed by atoms with van der Waals surface area (Å²) in [6.45, 7) is 5.83. The zero-order valence-electron chi connectivity index (χ0n) is 16.4. The lowest BCUT2D eigenvalue weighted by Gasteiger charge is -2.30. The first-order valence-electron chi connectivity index (χ1n) is 9.94. The fraction of sp³-hybridized carbons (Fsp3) is 0.650. The Bertz CT molecular complexity index is 706. The van der Waals surface area contributed by atoms with Crippen LogP contribution in [-0.4, -0.2) is 50.6 Å². The molecule has 0 saturated carbocycles. The van der Waals surface area contributed by atoms with Crippen LogP contribution in [0.4, 0.5) is 0 Å². The van der Waals surface area contributed by atoms with Gasteiger partial charge in [-0.25, -0.2) is 12.7 Å². The van der Waals surface area contributed by atoms with E-state index in [1.54, 1.807) is 6.92 Å². The lowest BCUT2D eigenvalue weighted by molar-refractivity contribution is -0.126. The van der Waals surface area contributed by atoms with Crippen LogP contribution < -0.4 is 10.1 Å². The van der Waals surface area contributed by atoms with Crippen molar-refractivity contribution in [3.63, 3.8) is 0 Å². The number of sulfonamides is 1. The minimum Gasteiger partial charge on any atom is -0.493 e. The van der Waals surface area contributed by atoms with Crippen LogP contribution in [0.3, 0.4) is 0 Å². The van der Waals surface area contributed by atoms with Crippen molar-refractivity contribution in [2.45, 2.75) is 46.0 Å². The molecule has 1 unspecified atom stereocenters. The minimum atomic E-state index is -3.22. The summed E-state index contributed by atoms with van der Waals surface area (Å²) in [5, 5.41) is 2.97. The molecule has 1 atom stereocenters. The van der Waals surface area contributed by atoms with Crippen molar-refractivity contribution < 1.29 is 17.9 Å². The van der Waals surface area contributed by atoms with Crippen LogP contribution in [0.25, 0.3) is 0 Å². The molecular formula is C20H32N2O4S. The molecule has 6 nitrogen and oxygen atoms in total. The maximum absolute atomic E-state index is 12.4. The molecule has 0 spiro atoms. The van der Waals surface area contributed by atoms with Gasteiger partial charge in [-0.3, -0.25) is 4.79 Å². The summed E-state index contributed by atoms with van der Waals surface area (Å²) >= 11 is 0. The molecule has 0 bridgehead atoms. The number of amides is 1. The van der Waals surface area contributed by atoms with Gasteiger partial charge in [0.05, 0.1) is 18.3 Å². The molecule has 1 aromatic rings. The Kier molecular flexibility index (Phi) is 8.57. The van der Waals surface area contributed by atoms with Gasteiger partial charge in [0, 0.05) is 19.6 Å². The molecule has 0 radical (unpaired) electrons. The second-order valence-electron chi connectivity index (χ2n) is 6.95. The van der Waals surface area contributed by atoms with E-state index < -0.39 is 10.0 Å². The smallest absolute Gasteiger partial charge is 0.224 e. The number of para-hydroxylation sites is 1. The summed E-state index contributed by atoms with van der Waals surface area (Å²) in [4.78, 5) is 12.4. The van der Waals surface area contributed by atoms with Crippen LogP contribution >= 0.6 is 0 Å². The molecule has 27 heavy (non-hydrogen) atoms. The average molecular weight is 397 g/mol. The fourth-order valence-corrected chi connectivity index (χ4v) is 4.47. The third kappa shape index (κ3) is 6.50. The highest BCUT2D eigenvalue weighted by Crippen LogP contribution is 2.21. The number of nitrogens with one attached hydrogen (secondary N) is 1. The third-order valence-corrected chi connectivity index (χ3v) is 6.72. The molecule has 0 aliphatic carbocycles. The maximum Gasteiger partial charge on any atom is 0.224 e. The van der Waals surface area contributed by atoms with Gasteiger partial charge in [0.25, 0.3) is 0 Å². The Hall–Kier alpha value is -1.60. The van der Waals surface area contributed by atoms with Crippen LogP contribution in [0.15, 0.2) is 24.3 Å². The number of carbonyl (C=O) groups excluding carboxylic acids is 1. The Labute approximate surface area is 163 Å². The predicted molar refractivity (Wildman–Crippen MR) is 107 cm³/mol. The molecule has 1 aliphatic rings. The van der Waals surface area contributed by atoms with Crippen molar-refractivity contribution in [2.24, 2.45) is 5.92 Å². The van der Waals surface area contributed by atoms with E-state index in [2.05, 4.69) is 18.3 Å². The van der Waals surface area contributed by atoms with Crippen molar-refractivity contribution in [3.8, 4) is 5.75 Å². The number of benzene rings is 1. The summed E-state index contributed by atoms with van der Waals surface area (Å²) in [5.41, 5.74) is 1.15. The number of ether oxygens (including phenoxy) is 1. The monoisotopic (exact) mass is 396 g/mol. The topological polar surface area (TPSA) is 75.7 Å². The quantitative estimate of drug-likeness (QED) is 0.617. The van der Waals surface area contributed by atoms with Gasteiger partial charge in [-0.1, -0.05) is 25.1 Å². The highest BCUT2D eigenvalue weighted by molar-refractivity contribution is 7.89. The average Bonchev–Trinajstić information content (AvgIpc) is 2.70. The van der Waals surface area contributed by atoms with E-state index in [0.717, 1.165) is 43.4 Å². The fourth-order valence-electron chi connectivity index (χ4n) is 3.29. The number of nitrogens with zero attached hydrogens (tertiary/aromatic N) is 1. The molecule has 1 aromatic carbocycles. The van der Waals surface area contributed by atoms with Gasteiger partial charge in [-0.05, 0) is 50.7 Å². The zero-order valence-corrected chi connectivity index (χ0v) is 17.3.